The normalized spacial score (nSPS) is 10.9. The summed E-state index contributed by atoms with van der Waals surface area (Å²) in [6, 6.07) is 25.4. The van der Waals surface area contributed by atoms with Crippen LogP contribution in [0, 0.1) is 11.6 Å². The molecular formula is C26H19F2N7O. The van der Waals surface area contributed by atoms with E-state index >= 15 is 0 Å². The molecule has 0 aliphatic heterocycles. The van der Waals surface area contributed by atoms with Crippen LogP contribution < -0.4 is 16.1 Å². The number of hydrogen-bond donors (Lipinski definition) is 3. The lowest BCUT2D eigenvalue weighted by Gasteiger charge is -2.10. The monoisotopic (exact) mass is 483 g/mol. The van der Waals surface area contributed by atoms with Gasteiger partial charge in [0.15, 0.2) is 0 Å². The highest BCUT2D eigenvalue weighted by atomic mass is 19.1. The predicted molar refractivity (Wildman–Crippen MR) is 135 cm³/mol. The Labute approximate surface area is 204 Å². The van der Waals surface area contributed by atoms with Gasteiger partial charge >= 0.3 is 0 Å². The third kappa shape index (κ3) is 5.68. The number of hydrogen-bond acceptors (Lipinski definition) is 8. The summed E-state index contributed by atoms with van der Waals surface area (Å²) in [6.07, 6.45) is 1.39. The molecule has 0 spiro atoms. The second-order valence-corrected chi connectivity index (χ2v) is 7.48. The molecule has 0 aliphatic rings. The number of hydrazone groups is 1. The molecule has 0 amide bonds. The van der Waals surface area contributed by atoms with Crippen molar-refractivity contribution in [2.75, 3.05) is 16.1 Å². The lowest BCUT2D eigenvalue weighted by Crippen LogP contribution is -2.07. The molecule has 0 radical (unpaired) electrons. The molecule has 3 aromatic carbocycles. The highest BCUT2D eigenvalue weighted by Crippen LogP contribution is 2.25. The summed E-state index contributed by atoms with van der Waals surface area (Å²) >= 11 is 0. The lowest BCUT2D eigenvalue weighted by molar-refractivity contribution is 0.556. The van der Waals surface area contributed by atoms with E-state index in [0.717, 1.165) is 17.4 Å². The maximum atomic E-state index is 14.0. The topological polar surface area (TPSA) is 100 Å². The minimum atomic E-state index is -0.715. The summed E-state index contributed by atoms with van der Waals surface area (Å²) in [6.45, 7) is 0. The van der Waals surface area contributed by atoms with E-state index in [1.54, 1.807) is 12.1 Å². The largest absolute Gasteiger partial charge is 0.455 e. The highest BCUT2D eigenvalue weighted by molar-refractivity contribution is 5.78. The van der Waals surface area contributed by atoms with Gasteiger partial charge in [0.2, 0.25) is 17.8 Å². The van der Waals surface area contributed by atoms with Gasteiger partial charge in [0, 0.05) is 17.4 Å². The van der Waals surface area contributed by atoms with Crippen LogP contribution in [-0.2, 0) is 0 Å². The van der Waals surface area contributed by atoms with Crippen molar-refractivity contribution in [3.63, 3.8) is 0 Å². The molecule has 10 heteroatoms. The van der Waals surface area contributed by atoms with Crippen LogP contribution in [0.25, 0.3) is 11.3 Å². The zero-order valence-electron chi connectivity index (χ0n) is 18.7. The summed E-state index contributed by atoms with van der Waals surface area (Å²) in [7, 11) is 0. The Hall–Kier alpha value is -5.12. The fourth-order valence-electron chi connectivity index (χ4n) is 3.25. The minimum absolute atomic E-state index is 0.148. The Kier molecular flexibility index (Phi) is 6.57. The van der Waals surface area contributed by atoms with Crippen LogP contribution in [-0.4, -0.2) is 21.2 Å². The summed E-state index contributed by atoms with van der Waals surface area (Å²) in [5, 5.41) is 10.4. The van der Waals surface area contributed by atoms with E-state index in [4.69, 9.17) is 4.42 Å². The summed E-state index contributed by atoms with van der Waals surface area (Å²) in [5.74, 6) is 0.00746. The summed E-state index contributed by atoms with van der Waals surface area (Å²) in [4.78, 5) is 13.1. The molecule has 0 saturated carbocycles. The van der Waals surface area contributed by atoms with Gasteiger partial charge in [-0.3, -0.25) is 0 Å². The standard InChI is InChI=1S/C26H19F2N7O/c27-17-11-13-21(22(28)15-17)23-14-12-20(36-23)16-29-35-26-33-24(30-18-7-3-1-4-8-18)32-25(34-26)31-19-9-5-2-6-10-19/h1-16H,(H3,30,31,32,33,34,35)/b29-16-. The van der Waals surface area contributed by atoms with Gasteiger partial charge in [-0.25, -0.2) is 14.2 Å². The molecule has 2 aromatic heterocycles. The van der Waals surface area contributed by atoms with Crippen molar-refractivity contribution in [2.24, 2.45) is 5.10 Å². The van der Waals surface area contributed by atoms with Gasteiger partial charge in [-0.1, -0.05) is 36.4 Å². The van der Waals surface area contributed by atoms with Gasteiger partial charge in [-0.05, 0) is 48.5 Å². The van der Waals surface area contributed by atoms with Crippen LogP contribution in [0.4, 0.5) is 38.0 Å². The van der Waals surface area contributed by atoms with Gasteiger partial charge in [-0.2, -0.15) is 20.1 Å². The van der Waals surface area contributed by atoms with Crippen LogP contribution in [0.15, 0.2) is 101 Å². The van der Waals surface area contributed by atoms with Crippen LogP contribution in [0.1, 0.15) is 5.76 Å². The SMILES string of the molecule is Fc1ccc(-c2ccc(/C=N\Nc3nc(Nc4ccccc4)nc(Nc4ccccc4)n3)o2)c(F)c1. The maximum Gasteiger partial charge on any atom is 0.250 e. The third-order valence-corrected chi connectivity index (χ3v) is 4.87. The maximum absolute atomic E-state index is 14.0. The third-order valence-electron chi connectivity index (χ3n) is 4.87. The number of benzene rings is 3. The van der Waals surface area contributed by atoms with E-state index in [9.17, 15) is 8.78 Å². The Morgan fingerprint density at radius 3 is 1.92 bits per heavy atom. The number of rotatable bonds is 8. The Bertz CT molecular complexity index is 1430. The first-order chi connectivity index (χ1) is 17.6. The van der Waals surface area contributed by atoms with E-state index in [2.05, 4.69) is 36.1 Å². The van der Waals surface area contributed by atoms with Gasteiger partial charge in [0.05, 0.1) is 11.8 Å². The zero-order chi connectivity index (χ0) is 24.7. The van der Waals surface area contributed by atoms with Crippen molar-refractivity contribution < 1.29 is 13.2 Å². The lowest BCUT2D eigenvalue weighted by atomic mass is 10.1. The van der Waals surface area contributed by atoms with Gasteiger partial charge in [0.25, 0.3) is 0 Å². The van der Waals surface area contributed by atoms with E-state index < -0.39 is 11.6 Å². The highest BCUT2D eigenvalue weighted by Gasteiger charge is 2.11. The van der Waals surface area contributed by atoms with Crippen molar-refractivity contribution in [1.82, 2.24) is 15.0 Å². The summed E-state index contributed by atoms with van der Waals surface area (Å²) in [5.41, 5.74) is 4.52. The van der Waals surface area contributed by atoms with E-state index in [0.29, 0.717) is 17.7 Å². The van der Waals surface area contributed by atoms with Crippen LogP contribution in [0.2, 0.25) is 0 Å². The molecule has 0 aliphatic carbocycles. The van der Waals surface area contributed by atoms with Crippen molar-refractivity contribution >= 4 is 35.4 Å². The molecule has 5 rings (SSSR count). The number of furan rings is 1. The number of halogens is 2. The van der Waals surface area contributed by atoms with Crippen molar-refractivity contribution in [1.29, 1.82) is 0 Å². The molecule has 3 N–H and O–H groups in total. The van der Waals surface area contributed by atoms with E-state index in [1.807, 2.05) is 60.7 Å². The molecular weight excluding hydrogens is 464 g/mol. The number of para-hydroxylation sites is 2. The first-order valence-electron chi connectivity index (χ1n) is 10.9. The number of nitrogens with zero attached hydrogens (tertiary/aromatic N) is 4. The van der Waals surface area contributed by atoms with E-state index in [1.165, 1.54) is 18.3 Å². The molecule has 2 heterocycles. The predicted octanol–water partition coefficient (Wildman–Crippen LogP) is 6.34. The molecule has 5 aromatic rings. The Morgan fingerprint density at radius 2 is 1.31 bits per heavy atom. The van der Waals surface area contributed by atoms with E-state index in [-0.39, 0.29) is 17.3 Å². The Balaban J connectivity index is 1.35. The second kappa shape index (κ2) is 10.4. The fourth-order valence-corrected chi connectivity index (χ4v) is 3.25. The average Bonchev–Trinajstić information content (AvgIpc) is 3.34. The number of nitrogens with one attached hydrogen (secondary N) is 3. The molecule has 36 heavy (non-hydrogen) atoms. The zero-order valence-corrected chi connectivity index (χ0v) is 18.7. The van der Waals surface area contributed by atoms with Gasteiger partial charge < -0.3 is 15.1 Å². The van der Waals surface area contributed by atoms with Gasteiger partial charge in [-0.15, -0.1) is 0 Å². The molecule has 0 bridgehead atoms. The second-order valence-electron chi connectivity index (χ2n) is 7.48. The Morgan fingerprint density at radius 1 is 0.694 bits per heavy atom. The fraction of sp³-hybridized carbons (Fsp3) is 0. The molecule has 0 fully saturated rings. The number of aromatic nitrogens is 3. The first kappa shape index (κ1) is 22.7. The van der Waals surface area contributed by atoms with Crippen LogP contribution >= 0.6 is 0 Å². The minimum Gasteiger partial charge on any atom is -0.455 e. The quantitative estimate of drug-likeness (QED) is 0.175. The summed E-state index contributed by atoms with van der Waals surface area (Å²) < 4.78 is 32.8. The van der Waals surface area contributed by atoms with Crippen molar-refractivity contribution in [3.05, 3.63) is 108 Å². The molecule has 178 valence electrons. The first-order valence-corrected chi connectivity index (χ1v) is 10.9. The van der Waals surface area contributed by atoms with Gasteiger partial charge in [0.1, 0.15) is 23.2 Å². The molecule has 0 atom stereocenters. The molecule has 0 saturated heterocycles. The van der Waals surface area contributed by atoms with Crippen LogP contribution in [0.5, 0.6) is 0 Å². The van der Waals surface area contributed by atoms with Crippen LogP contribution in [0.3, 0.4) is 0 Å². The van der Waals surface area contributed by atoms with Crippen molar-refractivity contribution in [2.45, 2.75) is 0 Å². The number of anilines is 5. The average molecular weight is 483 g/mol. The molecule has 8 nitrogen and oxygen atoms in total. The molecule has 0 unspecified atom stereocenters. The van der Waals surface area contributed by atoms with Crippen molar-refractivity contribution in [3.8, 4) is 11.3 Å². The smallest absolute Gasteiger partial charge is 0.250 e.